The van der Waals surface area contributed by atoms with Crippen molar-refractivity contribution in [3.05, 3.63) is 100 Å². The largest absolute Gasteiger partial charge is 0.496 e. The second-order valence-electron chi connectivity index (χ2n) is 11.3. The zero-order valence-corrected chi connectivity index (χ0v) is 27.6. The number of amides is 3. The fourth-order valence-electron chi connectivity index (χ4n) is 5.74. The number of fused-ring (bicyclic) bond motifs is 2. The SMILES string of the molecule is CC[C@@H](C)C(=O)N[C@@H]1C(=O)N(Cc2c(OC)ccc3c(Br)cccc23)c2ccccc2N(C(=O)c2ccc(C(C)=O)cc2)[C@H]1C. The van der Waals surface area contributed by atoms with Crippen molar-refractivity contribution >= 4 is 61.6 Å². The van der Waals surface area contributed by atoms with Crippen molar-refractivity contribution in [2.24, 2.45) is 5.92 Å². The second kappa shape index (κ2) is 13.2. The van der Waals surface area contributed by atoms with Gasteiger partial charge in [0.05, 0.1) is 31.1 Å². The summed E-state index contributed by atoms with van der Waals surface area (Å²) in [7, 11) is 1.59. The van der Waals surface area contributed by atoms with Gasteiger partial charge < -0.3 is 19.9 Å². The van der Waals surface area contributed by atoms with Crippen LogP contribution in [0.1, 0.15) is 60.4 Å². The van der Waals surface area contributed by atoms with Gasteiger partial charge in [0.15, 0.2) is 5.78 Å². The molecule has 0 fully saturated rings. The van der Waals surface area contributed by atoms with Crippen LogP contribution in [0.5, 0.6) is 5.75 Å². The molecule has 1 aliphatic heterocycles. The Kier molecular flexibility index (Phi) is 9.39. The van der Waals surface area contributed by atoms with E-state index in [9.17, 15) is 19.2 Å². The number of methoxy groups -OCH3 is 1. The molecule has 1 aliphatic rings. The van der Waals surface area contributed by atoms with Crippen LogP contribution in [-0.2, 0) is 16.1 Å². The van der Waals surface area contributed by atoms with Gasteiger partial charge in [-0.15, -0.1) is 0 Å². The van der Waals surface area contributed by atoms with Crippen molar-refractivity contribution in [2.75, 3.05) is 16.9 Å². The zero-order chi connectivity index (χ0) is 32.4. The number of hydrogen-bond acceptors (Lipinski definition) is 5. The van der Waals surface area contributed by atoms with Gasteiger partial charge in [-0.05, 0) is 73.5 Å². The minimum atomic E-state index is -1.05. The van der Waals surface area contributed by atoms with Crippen molar-refractivity contribution < 1.29 is 23.9 Å². The molecular weight excluding hydrogens is 634 g/mol. The quantitative estimate of drug-likeness (QED) is 0.205. The Morgan fingerprint density at radius 2 is 1.58 bits per heavy atom. The molecule has 0 aliphatic carbocycles. The average Bonchev–Trinajstić information content (AvgIpc) is 3.13. The minimum Gasteiger partial charge on any atom is -0.496 e. The maximum atomic E-state index is 14.7. The first-order valence-corrected chi connectivity index (χ1v) is 15.8. The lowest BCUT2D eigenvalue weighted by atomic mass is 10.0. The van der Waals surface area contributed by atoms with Crippen LogP contribution in [0.3, 0.4) is 0 Å². The summed E-state index contributed by atoms with van der Waals surface area (Å²) >= 11 is 3.64. The summed E-state index contributed by atoms with van der Waals surface area (Å²) < 4.78 is 6.69. The first kappa shape index (κ1) is 31.9. The standard InChI is InChI=1S/C36H36BrN3O5/c1-6-21(2)34(42)38-33-22(3)40(35(43)25-16-14-24(15-17-25)23(4)41)31-13-8-7-12-30(31)39(36(33)44)20-28-26-10-9-11-29(37)27(26)18-19-32(28)45-5/h7-19,21-22,33H,6,20H2,1-5H3,(H,38,42)/t21-,22+,33+/m1/s1. The number of Topliss-reactive ketones (excluding diaryl/α,β-unsaturated/α-hetero) is 1. The van der Waals surface area contributed by atoms with E-state index in [0.717, 1.165) is 20.8 Å². The Morgan fingerprint density at radius 1 is 0.911 bits per heavy atom. The lowest BCUT2D eigenvalue weighted by molar-refractivity contribution is -0.130. The number of ether oxygens (including phenoxy) is 1. The van der Waals surface area contributed by atoms with E-state index in [0.29, 0.717) is 34.7 Å². The topological polar surface area (TPSA) is 96.0 Å². The van der Waals surface area contributed by atoms with E-state index in [4.69, 9.17) is 4.74 Å². The third kappa shape index (κ3) is 6.09. The first-order valence-electron chi connectivity index (χ1n) is 15.0. The maximum Gasteiger partial charge on any atom is 0.258 e. The van der Waals surface area contributed by atoms with E-state index in [2.05, 4.69) is 21.2 Å². The third-order valence-electron chi connectivity index (χ3n) is 8.58. The highest BCUT2D eigenvalue weighted by molar-refractivity contribution is 9.10. The van der Waals surface area contributed by atoms with Crippen molar-refractivity contribution in [1.29, 1.82) is 0 Å². The van der Waals surface area contributed by atoms with Gasteiger partial charge in [-0.25, -0.2) is 0 Å². The van der Waals surface area contributed by atoms with Gasteiger partial charge in [-0.1, -0.05) is 66.2 Å². The third-order valence-corrected chi connectivity index (χ3v) is 9.27. The first-order chi connectivity index (χ1) is 21.6. The molecule has 0 radical (unpaired) electrons. The summed E-state index contributed by atoms with van der Waals surface area (Å²) in [5, 5.41) is 4.86. The van der Waals surface area contributed by atoms with E-state index in [1.165, 1.54) is 6.92 Å². The van der Waals surface area contributed by atoms with Gasteiger partial charge >= 0.3 is 0 Å². The lowest BCUT2D eigenvalue weighted by Gasteiger charge is -2.32. The molecule has 4 aromatic rings. The number of para-hydroxylation sites is 2. The molecule has 1 heterocycles. The molecule has 45 heavy (non-hydrogen) atoms. The summed E-state index contributed by atoms with van der Waals surface area (Å²) in [5.41, 5.74) is 2.69. The Balaban J connectivity index is 1.69. The van der Waals surface area contributed by atoms with Gasteiger partial charge in [0.2, 0.25) is 5.91 Å². The molecule has 1 N–H and O–H groups in total. The van der Waals surface area contributed by atoms with Crippen LogP contribution < -0.4 is 19.9 Å². The second-order valence-corrected chi connectivity index (χ2v) is 12.2. The van der Waals surface area contributed by atoms with Gasteiger partial charge in [0.25, 0.3) is 11.8 Å². The van der Waals surface area contributed by atoms with Crippen LogP contribution in [-0.4, -0.2) is 42.7 Å². The van der Waals surface area contributed by atoms with Crippen LogP contribution in [0.2, 0.25) is 0 Å². The zero-order valence-electron chi connectivity index (χ0n) is 26.0. The van der Waals surface area contributed by atoms with Crippen LogP contribution >= 0.6 is 15.9 Å². The predicted octanol–water partition coefficient (Wildman–Crippen LogP) is 6.93. The highest BCUT2D eigenvalue weighted by Gasteiger charge is 2.43. The number of anilines is 2. The summed E-state index contributed by atoms with van der Waals surface area (Å²) in [6, 6.07) is 21.7. The predicted molar refractivity (Wildman–Crippen MR) is 180 cm³/mol. The molecule has 3 amide bonds. The monoisotopic (exact) mass is 669 g/mol. The molecule has 0 spiro atoms. The summed E-state index contributed by atoms with van der Waals surface area (Å²) in [5.74, 6) is -0.785. The van der Waals surface area contributed by atoms with E-state index in [1.807, 2.05) is 68.4 Å². The van der Waals surface area contributed by atoms with Crippen molar-refractivity contribution in [1.82, 2.24) is 5.32 Å². The molecule has 0 bridgehead atoms. The van der Waals surface area contributed by atoms with E-state index < -0.39 is 12.1 Å². The van der Waals surface area contributed by atoms with Gasteiger partial charge in [0.1, 0.15) is 11.8 Å². The van der Waals surface area contributed by atoms with E-state index in [-0.39, 0.29) is 36.0 Å². The Hall–Kier alpha value is -4.50. The number of hydrogen-bond donors (Lipinski definition) is 1. The van der Waals surface area contributed by atoms with Crippen LogP contribution in [0.15, 0.2) is 83.3 Å². The number of carbonyl (C=O) groups excluding carboxylic acids is 4. The van der Waals surface area contributed by atoms with Crippen LogP contribution in [0.25, 0.3) is 10.8 Å². The minimum absolute atomic E-state index is 0.104. The van der Waals surface area contributed by atoms with Crippen LogP contribution in [0, 0.1) is 5.92 Å². The number of ketones is 1. The Labute approximate surface area is 271 Å². The summed E-state index contributed by atoms with van der Waals surface area (Å²) in [6.45, 7) is 7.10. The molecule has 3 atom stereocenters. The van der Waals surface area contributed by atoms with E-state index >= 15 is 0 Å². The summed E-state index contributed by atoms with van der Waals surface area (Å²) in [4.78, 5) is 57.4. The molecule has 4 aromatic carbocycles. The van der Waals surface area contributed by atoms with E-state index in [1.54, 1.807) is 48.1 Å². The molecular formula is C36H36BrN3O5. The highest BCUT2D eigenvalue weighted by atomic mass is 79.9. The van der Waals surface area contributed by atoms with Crippen LogP contribution in [0.4, 0.5) is 11.4 Å². The number of nitrogens with one attached hydrogen (secondary N) is 1. The molecule has 0 saturated carbocycles. The number of nitrogens with zero attached hydrogens (tertiary/aromatic N) is 2. The van der Waals surface area contributed by atoms with Gasteiger partial charge in [-0.3, -0.25) is 19.2 Å². The number of benzene rings is 4. The van der Waals surface area contributed by atoms with Crippen molar-refractivity contribution in [2.45, 2.75) is 52.7 Å². The maximum absolute atomic E-state index is 14.7. The fourth-order valence-corrected chi connectivity index (χ4v) is 6.24. The van der Waals surface area contributed by atoms with Crippen molar-refractivity contribution in [3.63, 3.8) is 0 Å². The Bertz CT molecular complexity index is 1790. The fraction of sp³-hybridized carbons (Fsp3) is 0.278. The highest BCUT2D eigenvalue weighted by Crippen LogP contribution is 2.40. The van der Waals surface area contributed by atoms with Crippen molar-refractivity contribution in [3.8, 4) is 5.75 Å². The Morgan fingerprint density at radius 3 is 2.22 bits per heavy atom. The number of rotatable bonds is 8. The lowest BCUT2D eigenvalue weighted by Crippen LogP contribution is -2.58. The molecule has 0 unspecified atom stereocenters. The van der Waals surface area contributed by atoms with Gasteiger partial charge in [-0.2, -0.15) is 0 Å². The molecule has 8 nitrogen and oxygen atoms in total. The number of halogens is 1. The van der Waals surface area contributed by atoms with Gasteiger partial charge in [0, 0.05) is 27.1 Å². The summed E-state index contributed by atoms with van der Waals surface area (Å²) in [6.07, 6.45) is 0.596. The average molecular weight is 671 g/mol. The molecule has 0 aromatic heterocycles. The molecule has 232 valence electrons. The molecule has 9 heteroatoms. The molecule has 5 rings (SSSR count). The smallest absolute Gasteiger partial charge is 0.258 e. The number of carbonyl (C=O) groups is 4. The normalized spacial score (nSPS) is 17.0. The molecule has 0 saturated heterocycles.